The van der Waals surface area contributed by atoms with Gasteiger partial charge in [-0.15, -0.1) is 0 Å². The first-order valence-corrected chi connectivity index (χ1v) is 13.3. The summed E-state index contributed by atoms with van der Waals surface area (Å²) in [6, 6.07) is 11.9. The van der Waals surface area contributed by atoms with Crippen molar-refractivity contribution in [2.24, 2.45) is 0 Å². The summed E-state index contributed by atoms with van der Waals surface area (Å²) >= 11 is 0. The van der Waals surface area contributed by atoms with Crippen LogP contribution in [-0.2, 0) is 26.7 Å². The van der Waals surface area contributed by atoms with Gasteiger partial charge in [-0.1, -0.05) is 37.5 Å². The summed E-state index contributed by atoms with van der Waals surface area (Å²) in [4.78, 5) is 27.8. The van der Waals surface area contributed by atoms with Gasteiger partial charge in [0.2, 0.25) is 15.9 Å². The molecule has 1 heterocycles. The fourth-order valence-corrected chi connectivity index (χ4v) is 6.15. The van der Waals surface area contributed by atoms with Crippen LogP contribution in [0.15, 0.2) is 47.4 Å². The highest BCUT2D eigenvalue weighted by Gasteiger charge is 2.44. The van der Waals surface area contributed by atoms with Gasteiger partial charge in [0.25, 0.3) is 5.91 Å². The minimum absolute atomic E-state index is 0.000547. The number of nitrogens with one attached hydrogen (secondary N) is 1. The normalized spacial score (nSPS) is 18.6. The first-order chi connectivity index (χ1) is 16.1. The molecule has 34 heavy (non-hydrogen) atoms. The van der Waals surface area contributed by atoms with Crippen LogP contribution in [-0.4, -0.2) is 44.8 Å². The third kappa shape index (κ3) is 4.74. The molecule has 0 aromatic heterocycles. The quantitative estimate of drug-likeness (QED) is 0.604. The van der Waals surface area contributed by atoms with E-state index in [1.807, 2.05) is 13.8 Å². The van der Waals surface area contributed by atoms with Gasteiger partial charge in [-0.3, -0.25) is 14.5 Å². The smallest absolute Gasteiger partial charge is 0.260 e. The molecule has 8 heteroatoms. The predicted molar refractivity (Wildman–Crippen MR) is 129 cm³/mol. The van der Waals surface area contributed by atoms with E-state index in [2.05, 4.69) is 4.72 Å². The van der Waals surface area contributed by atoms with Gasteiger partial charge < -0.3 is 4.74 Å². The number of hydrogen-bond donors (Lipinski definition) is 1. The average molecular weight is 485 g/mol. The van der Waals surface area contributed by atoms with Crippen molar-refractivity contribution in [3.63, 3.8) is 0 Å². The molecule has 7 nitrogen and oxygen atoms in total. The van der Waals surface area contributed by atoms with E-state index in [1.165, 1.54) is 12.0 Å². The van der Waals surface area contributed by atoms with E-state index in [4.69, 9.17) is 4.74 Å². The van der Waals surface area contributed by atoms with E-state index < -0.39 is 15.4 Å². The molecule has 1 aliphatic heterocycles. The van der Waals surface area contributed by atoms with Crippen LogP contribution >= 0.6 is 0 Å². The Labute approximate surface area is 201 Å². The van der Waals surface area contributed by atoms with Gasteiger partial charge in [-0.2, -0.15) is 0 Å². The Morgan fingerprint density at radius 3 is 2.35 bits per heavy atom. The van der Waals surface area contributed by atoms with Gasteiger partial charge in [-0.25, -0.2) is 13.1 Å². The van der Waals surface area contributed by atoms with Crippen molar-refractivity contribution in [1.29, 1.82) is 0 Å². The average Bonchev–Trinajstić information content (AvgIpc) is 2.83. The zero-order valence-corrected chi connectivity index (χ0v) is 20.8. The molecular weight excluding hydrogens is 452 g/mol. The molecule has 0 radical (unpaired) electrons. The SMILES string of the molecule is COc1ccc2c(c1)C(=O)N(CCc1ccc(S(=O)(=O)NC3CCCCC3)cc1)C(=O)C2(C)C. The van der Waals surface area contributed by atoms with E-state index >= 15 is 0 Å². The Morgan fingerprint density at radius 2 is 1.71 bits per heavy atom. The molecule has 0 saturated heterocycles. The first-order valence-electron chi connectivity index (χ1n) is 11.8. The third-order valence-electron chi connectivity index (χ3n) is 6.94. The number of hydrogen-bond acceptors (Lipinski definition) is 5. The number of carbonyl (C=O) groups is 2. The van der Waals surface area contributed by atoms with Crippen LogP contribution < -0.4 is 9.46 Å². The molecule has 2 amide bonds. The zero-order valence-electron chi connectivity index (χ0n) is 20.0. The van der Waals surface area contributed by atoms with Crippen molar-refractivity contribution in [2.75, 3.05) is 13.7 Å². The molecule has 182 valence electrons. The van der Waals surface area contributed by atoms with Crippen LogP contribution in [0.4, 0.5) is 0 Å². The molecule has 1 saturated carbocycles. The number of imide groups is 1. The minimum Gasteiger partial charge on any atom is -0.497 e. The molecule has 0 spiro atoms. The second kappa shape index (κ2) is 9.50. The summed E-state index contributed by atoms with van der Waals surface area (Å²) in [7, 11) is -2.03. The highest BCUT2D eigenvalue weighted by Crippen LogP contribution is 2.36. The Kier molecular flexibility index (Phi) is 6.82. The summed E-state index contributed by atoms with van der Waals surface area (Å²) in [5.74, 6) is -0.0176. The van der Waals surface area contributed by atoms with Gasteiger partial charge in [-0.05, 0) is 68.5 Å². The van der Waals surface area contributed by atoms with E-state index in [-0.39, 0.29) is 29.3 Å². The summed E-state index contributed by atoms with van der Waals surface area (Å²) < 4.78 is 33.5. The maximum Gasteiger partial charge on any atom is 0.260 e. The summed E-state index contributed by atoms with van der Waals surface area (Å²) in [5, 5.41) is 0. The van der Waals surface area contributed by atoms with Gasteiger partial charge in [0.05, 0.1) is 17.4 Å². The van der Waals surface area contributed by atoms with Crippen molar-refractivity contribution in [2.45, 2.75) is 68.7 Å². The Bertz CT molecular complexity index is 1180. The minimum atomic E-state index is -3.57. The van der Waals surface area contributed by atoms with Crippen molar-refractivity contribution in [3.8, 4) is 5.75 Å². The topological polar surface area (TPSA) is 92.8 Å². The lowest BCUT2D eigenvalue weighted by atomic mass is 9.77. The number of carbonyl (C=O) groups excluding carboxylic acids is 2. The Hall–Kier alpha value is -2.71. The summed E-state index contributed by atoms with van der Waals surface area (Å²) in [5.41, 5.74) is 1.18. The van der Waals surface area contributed by atoms with Crippen molar-refractivity contribution in [1.82, 2.24) is 9.62 Å². The van der Waals surface area contributed by atoms with Crippen LogP contribution in [0.25, 0.3) is 0 Å². The van der Waals surface area contributed by atoms with Crippen LogP contribution in [0.1, 0.15) is 67.4 Å². The molecular formula is C26H32N2O5S. The highest BCUT2D eigenvalue weighted by molar-refractivity contribution is 7.89. The van der Waals surface area contributed by atoms with Crippen molar-refractivity contribution < 1.29 is 22.7 Å². The van der Waals surface area contributed by atoms with Crippen LogP contribution in [0.3, 0.4) is 0 Å². The molecule has 0 bridgehead atoms. The Morgan fingerprint density at radius 1 is 1.03 bits per heavy atom. The predicted octanol–water partition coefficient (Wildman–Crippen LogP) is 3.81. The largest absolute Gasteiger partial charge is 0.497 e. The second-order valence-corrected chi connectivity index (χ2v) is 11.4. The van der Waals surface area contributed by atoms with Gasteiger partial charge in [0, 0.05) is 18.2 Å². The molecule has 0 atom stereocenters. The first kappa shape index (κ1) is 24.4. The van der Waals surface area contributed by atoms with Gasteiger partial charge in [0.1, 0.15) is 5.75 Å². The van der Waals surface area contributed by atoms with E-state index in [9.17, 15) is 18.0 Å². The lowest BCUT2D eigenvalue weighted by Gasteiger charge is -2.37. The fraction of sp³-hybridized carbons (Fsp3) is 0.462. The monoisotopic (exact) mass is 484 g/mol. The molecule has 2 aromatic rings. The zero-order chi connectivity index (χ0) is 24.5. The summed E-state index contributed by atoms with van der Waals surface area (Å²) in [6.07, 6.45) is 5.44. The highest BCUT2D eigenvalue weighted by atomic mass is 32.2. The van der Waals surface area contributed by atoms with E-state index in [0.717, 1.165) is 37.7 Å². The molecule has 2 aromatic carbocycles. The van der Waals surface area contributed by atoms with Gasteiger partial charge in [0.15, 0.2) is 0 Å². The molecule has 1 aliphatic carbocycles. The van der Waals surface area contributed by atoms with E-state index in [1.54, 1.807) is 42.5 Å². The maximum absolute atomic E-state index is 13.2. The number of ether oxygens (including phenoxy) is 1. The Balaban J connectivity index is 1.46. The maximum atomic E-state index is 13.2. The van der Waals surface area contributed by atoms with Crippen LogP contribution in [0.5, 0.6) is 5.75 Å². The summed E-state index contributed by atoms with van der Waals surface area (Å²) in [6.45, 7) is 3.85. The lowest BCUT2D eigenvalue weighted by Crippen LogP contribution is -2.52. The van der Waals surface area contributed by atoms with Crippen molar-refractivity contribution in [3.05, 3.63) is 59.2 Å². The van der Waals surface area contributed by atoms with Crippen LogP contribution in [0.2, 0.25) is 0 Å². The number of nitrogens with zero attached hydrogens (tertiary/aromatic N) is 1. The second-order valence-electron chi connectivity index (χ2n) is 9.65. The number of sulfonamides is 1. The number of fused-ring (bicyclic) bond motifs is 1. The number of benzene rings is 2. The fourth-order valence-electron chi connectivity index (χ4n) is 4.85. The number of rotatable bonds is 7. The number of amides is 2. The molecule has 1 N–H and O–H groups in total. The molecule has 1 fully saturated rings. The molecule has 0 unspecified atom stereocenters. The third-order valence-corrected chi connectivity index (χ3v) is 8.48. The standard InChI is InChI=1S/C26H32N2O5S/c1-26(2)23-14-11-20(33-3)17-22(23)24(29)28(25(26)30)16-15-18-9-12-21(13-10-18)34(31,32)27-19-7-5-4-6-8-19/h9-14,17,19,27H,4-8,15-16H2,1-3H3. The van der Waals surface area contributed by atoms with Crippen molar-refractivity contribution >= 4 is 21.8 Å². The molecule has 4 rings (SSSR count). The molecule has 2 aliphatic rings. The lowest BCUT2D eigenvalue weighted by molar-refractivity contribution is -0.134. The van der Waals surface area contributed by atoms with Crippen LogP contribution in [0, 0.1) is 0 Å². The number of methoxy groups -OCH3 is 1. The van der Waals surface area contributed by atoms with Gasteiger partial charge >= 0.3 is 0 Å². The van der Waals surface area contributed by atoms with E-state index in [0.29, 0.717) is 23.3 Å².